The highest BCUT2D eigenvalue weighted by atomic mass is 16.7. The molecule has 2 amide bonds. The van der Waals surface area contributed by atoms with E-state index < -0.39 is 23.4 Å². The topological polar surface area (TPSA) is 72.9 Å². The van der Waals surface area contributed by atoms with Gasteiger partial charge < -0.3 is 9.57 Å². The van der Waals surface area contributed by atoms with E-state index in [0.717, 1.165) is 0 Å². The van der Waals surface area contributed by atoms with Gasteiger partial charge in [-0.25, -0.2) is 4.79 Å². The Hall–Kier alpha value is -2.21. The van der Waals surface area contributed by atoms with E-state index in [1.54, 1.807) is 24.3 Å². The normalized spacial score (nSPS) is 23.4. The van der Waals surface area contributed by atoms with Gasteiger partial charge in [-0.15, -0.1) is 0 Å². The van der Waals surface area contributed by atoms with Crippen molar-refractivity contribution in [3.05, 3.63) is 35.4 Å². The fourth-order valence-electron chi connectivity index (χ4n) is 2.85. The van der Waals surface area contributed by atoms with Crippen molar-refractivity contribution in [3.8, 4) is 0 Å². The van der Waals surface area contributed by atoms with Crippen LogP contribution in [0.5, 0.6) is 0 Å². The van der Waals surface area contributed by atoms with Crippen LogP contribution >= 0.6 is 0 Å². The SMILES string of the molecule is CC1(C)CC(C(=O)ON2C(=O)c3ccccc3C2=O)CCO1. The molecule has 1 saturated heterocycles. The Kier molecular flexibility index (Phi) is 3.48. The standard InChI is InChI=1S/C16H17NO5/c1-16(2)9-10(7-8-21-16)15(20)22-17-13(18)11-5-3-4-6-12(11)14(17)19/h3-6,10H,7-9H2,1-2H3. The van der Waals surface area contributed by atoms with Crippen molar-refractivity contribution in [2.24, 2.45) is 5.92 Å². The van der Waals surface area contributed by atoms with Crippen molar-refractivity contribution < 1.29 is 24.0 Å². The van der Waals surface area contributed by atoms with Crippen LogP contribution in [0, 0.1) is 5.92 Å². The molecule has 116 valence electrons. The van der Waals surface area contributed by atoms with Crippen LogP contribution in [0.25, 0.3) is 0 Å². The number of amides is 2. The maximum Gasteiger partial charge on any atom is 0.336 e. The lowest BCUT2D eigenvalue weighted by molar-refractivity contribution is -0.181. The van der Waals surface area contributed by atoms with Crippen molar-refractivity contribution in [1.82, 2.24) is 5.06 Å². The minimum absolute atomic E-state index is 0.257. The fraction of sp³-hybridized carbons (Fsp3) is 0.438. The molecule has 1 fully saturated rings. The summed E-state index contributed by atoms with van der Waals surface area (Å²) in [6.45, 7) is 4.25. The number of nitrogens with zero attached hydrogens (tertiary/aromatic N) is 1. The molecule has 0 N–H and O–H groups in total. The second-order valence-electron chi connectivity index (χ2n) is 6.16. The molecule has 0 saturated carbocycles. The zero-order valence-electron chi connectivity index (χ0n) is 12.5. The first-order valence-electron chi connectivity index (χ1n) is 7.23. The summed E-state index contributed by atoms with van der Waals surface area (Å²) >= 11 is 0. The fourth-order valence-corrected chi connectivity index (χ4v) is 2.85. The van der Waals surface area contributed by atoms with Gasteiger partial charge in [-0.1, -0.05) is 17.2 Å². The van der Waals surface area contributed by atoms with Gasteiger partial charge in [-0.2, -0.15) is 0 Å². The van der Waals surface area contributed by atoms with Gasteiger partial charge in [0.15, 0.2) is 0 Å². The summed E-state index contributed by atoms with van der Waals surface area (Å²) in [6.07, 6.45) is 1.01. The first-order chi connectivity index (χ1) is 10.4. The maximum atomic E-state index is 12.3. The Labute approximate surface area is 127 Å². The van der Waals surface area contributed by atoms with Gasteiger partial charge in [-0.3, -0.25) is 9.59 Å². The molecule has 6 heteroatoms. The molecular weight excluding hydrogens is 286 g/mol. The van der Waals surface area contributed by atoms with E-state index in [9.17, 15) is 14.4 Å². The molecule has 0 radical (unpaired) electrons. The third kappa shape index (κ3) is 2.50. The molecule has 0 bridgehead atoms. The van der Waals surface area contributed by atoms with Crippen LogP contribution in [0.2, 0.25) is 0 Å². The van der Waals surface area contributed by atoms with E-state index in [4.69, 9.17) is 9.57 Å². The molecule has 2 aliphatic heterocycles. The number of hydrogen-bond donors (Lipinski definition) is 0. The molecule has 22 heavy (non-hydrogen) atoms. The minimum Gasteiger partial charge on any atom is -0.376 e. The highest BCUT2D eigenvalue weighted by molar-refractivity contribution is 6.20. The lowest BCUT2D eigenvalue weighted by atomic mass is 9.88. The lowest BCUT2D eigenvalue weighted by Crippen LogP contribution is -2.41. The molecular formula is C16H17NO5. The van der Waals surface area contributed by atoms with Crippen molar-refractivity contribution in [3.63, 3.8) is 0 Å². The van der Waals surface area contributed by atoms with E-state index in [0.29, 0.717) is 24.5 Å². The zero-order chi connectivity index (χ0) is 15.9. The predicted octanol–water partition coefficient (Wildman–Crippen LogP) is 1.95. The van der Waals surface area contributed by atoms with Gasteiger partial charge in [0.25, 0.3) is 11.8 Å². The smallest absolute Gasteiger partial charge is 0.336 e. The Morgan fingerprint density at radius 1 is 1.23 bits per heavy atom. The zero-order valence-corrected chi connectivity index (χ0v) is 12.5. The van der Waals surface area contributed by atoms with E-state index in [1.807, 2.05) is 13.8 Å². The summed E-state index contributed by atoms with van der Waals surface area (Å²) in [5.74, 6) is -2.14. The molecule has 1 atom stereocenters. The monoisotopic (exact) mass is 303 g/mol. The van der Waals surface area contributed by atoms with Crippen LogP contribution in [0.1, 0.15) is 47.4 Å². The van der Waals surface area contributed by atoms with Crippen molar-refractivity contribution in [2.75, 3.05) is 6.61 Å². The number of carbonyl (C=O) groups excluding carboxylic acids is 3. The van der Waals surface area contributed by atoms with Gasteiger partial charge in [0.1, 0.15) is 0 Å². The average molecular weight is 303 g/mol. The average Bonchev–Trinajstić information content (AvgIpc) is 2.72. The first kappa shape index (κ1) is 14.7. The van der Waals surface area contributed by atoms with Gasteiger partial charge in [0, 0.05) is 6.61 Å². The molecule has 2 heterocycles. The molecule has 0 aromatic heterocycles. The number of hydroxylamine groups is 2. The highest BCUT2D eigenvalue weighted by Gasteiger charge is 2.41. The highest BCUT2D eigenvalue weighted by Crippen LogP contribution is 2.30. The number of fused-ring (bicyclic) bond motifs is 1. The molecule has 2 aliphatic rings. The number of imide groups is 1. The Morgan fingerprint density at radius 2 is 1.82 bits per heavy atom. The van der Waals surface area contributed by atoms with Gasteiger partial charge in [0.2, 0.25) is 0 Å². The minimum atomic E-state index is -0.597. The van der Waals surface area contributed by atoms with Crippen LogP contribution in [-0.2, 0) is 14.4 Å². The molecule has 3 rings (SSSR count). The summed E-state index contributed by atoms with van der Waals surface area (Å²) < 4.78 is 5.55. The molecule has 0 spiro atoms. The summed E-state index contributed by atoms with van der Waals surface area (Å²) in [4.78, 5) is 41.7. The van der Waals surface area contributed by atoms with Gasteiger partial charge >= 0.3 is 5.97 Å². The van der Waals surface area contributed by atoms with E-state index >= 15 is 0 Å². The Balaban J connectivity index is 1.73. The third-order valence-electron chi connectivity index (χ3n) is 3.97. The second kappa shape index (κ2) is 5.21. The van der Waals surface area contributed by atoms with Crippen LogP contribution in [0.15, 0.2) is 24.3 Å². The summed E-state index contributed by atoms with van der Waals surface area (Å²) in [5.41, 5.74) is 0.101. The second-order valence-corrected chi connectivity index (χ2v) is 6.16. The summed E-state index contributed by atoms with van der Waals surface area (Å²) in [6, 6.07) is 6.41. The molecule has 1 aromatic carbocycles. The van der Waals surface area contributed by atoms with Crippen LogP contribution in [0.4, 0.5) is 0 Å². The van der Waals surface area contributed by atoms with Crippen LogP contribution in [0.3, 0.4) is 0 Å². The van der Waals surface area contributed by atoms with E-state index in [-0.39, 0.29) is 17.0 Å². The molecule has 1 unspecified atom stereocenters. The summed E-state index contributed by atoms with van der Waals surface area (Å²) in [5, 5.41) is 0.565. The maximum absolute atomic E-state index is 12.3. The van der Waals surface area contributed by atoms with Crippen molar-refractivity contribution in [1.29, 1.82) is 0 Å². The number of hydrogen-bond acceptors (Lipinski definition) is 5. The Morgan fingerprint density at radius 3 is 2.36 bits per heavy atom. The van der Waals surface area contributed by atoms with Crippen molar-refractivity contribution >= 4 is 17.8 Å². The number of rotatable bonds is 2. The molecule has 0 aliphatic carbocycles. The van der Waals surface area contributed by atoms with Gasteiger partial charge in [-0.05, 0) is 38.8 Å². The summed E-state index contributed by atoms with van der Waals surface area (Å²) in [7, 11) is 0. The lowest BCUT2D eigenvalue weighted by Gasteiger charge is -2.34. The quantitative estimate of drug-likeness (QED) is 0.781. The number of carbonyl (C=O) groups is 3. The first-order valence-corrected chi connectivity index (χ1v) is 7.23. The number of benzene rings is 1. The van der Waals surface area contributed by atoms with Crippen LogP contribution < -0.4 is 0 Å². The Bertz CT molecular complexity index is 617. The number of ether oxygens (including phenoxy) is 1. The molecule has 1 aromatic rings. The largest absolute Gasteiger partial charge is 0.376 e. The van der Waals surface area contributed by atoms with E-state index in [2.05, 4.69) is 0 Å². The third-order valence-corrected chi connectivity index (χ3v) is 3.97. The predicted molar refractivity (Wildman–Crippen MR) is 75.8 cm³/mol. The van der Waals surface area contributed by atoms with Gasteiger partial charge in [0.05, 0.1) is 22.6 Å². The molecule has 6 nitrogen and oxygen atoms in total. The van der Waals surface area contributed by atoms with Crippen molar-refractivity contribution in [2.45, 2.75) is 32.3 Å². The van der Waals surface area contributed by atoms with Crippen LogP contribution in [-0.4, -0.2) is 35.1 Å². The van der Waals surface area contributed by atoms with E-state index in [1.165, 1.54) is 0 Å².